The molecule has 0 aromatic carbocycles. The van der Waals surface area contributed by atoms with Crippen LogP contribution in [0.5, 0.6) is 0 Å². The van der Waals surface area contributed by atoms with Crippen molar-refractivity contribution in [1.29, 1.82) is 0 Å². The van der Waals surface area contributed by atoms with Gasteiger partial charge < -0.3 is 10.6 Å². The number of carbonyl (C=O) groups excluding carboxylic acids is 1. The molecule has 2 N–H and O–H groups in total. The molecule has 15 heavy (non-hydrogen) atoms. The Labute approximate surface area is 92.4 Å². The molecule has 1 amide bonds. The first-order valence-corrected chi connectivity index (χ1v) is 5.66. The van der Waals surface area contributed by atoms with Crippen molar-refractivity contribution in [3.8, 4) is 0 Å². The Balaban J connectivity index is 2.38. The molecule has 1 aliphatic rings. The van der Waals surface area contributed by atoms with Gasteiger partial charge in [0.1, 0.15) is 0 Å². The summed E-state index contributed by atoms with van der Waals surface area (Å²) in [5.74, 6) is 0.164. The molecule has 0 spiro atoms. The Morgan fingerprint density at radius 2 is 2.00 bits per heavy atom. The van der Waals surface area contributed by atoms with Gasteiger partial charge in [0.05, 0.1) is 6.54 Å². The van der Waals surface area contributed by atoms with Crippen LogP contribution in [-0.4, -0.2) is 55.5 Å². The van der Waals surface area contributed by atoms with E-state index in [-0.39, 0.29) is 5.91 Å². The number of likely N-dealkylation sites (N-methyl/N-ethyl adjacent to an activating group) is 2. The number of amides is 1. The first-order valence-electron chi connectivity index (χ1n) is 5.66. The van der Waals surface area contributed by atoms with Gasteiger partial charge in [-0.3, -0.25) is 9.69 Å². The number of nitrogens with zero attached hydrogens (tertiary/aromatic N) is 2. The van der Waals surface area contributed by atoms with Crippen LogP contribution in [-0.2, 0) is 4.79 Å². The van der Waals surface area contributed by atoms with Gasteiger partial charge in [-0.1, -0.05) is 6.42 Å². The maximum Gasteiger partial charge on any atom is 0.236 e. The summed E-state index contributed by atoms with van der Waals surface area (Å²) in [6.07, 6.45) is 4.51. The number of nitrogens with two attached hydrogens (primary N) is 1. The van der Waals surface area contributed by atoms with E-state index < -0.39 is 0 Å². The zero-order valence-electron chi connectivity index (χ0n) is 10.1. The monoisotopic (exact) mass is 213 g/mol. The van der Waals surface area contributed by atoms with E-state index in [9.17, 15) is 4.79 Å². The van der Waals surface area contributed by atoms with E-state index in [2.05, 4.69) is 4.90 Å². The lowest BCUT2D eigenvalue weighted by Crippen LogP contribution is -2.44. The third-order valence-corrected chi connectivity index (χ3v) is 3.19. The molecule has 88 valence electrons. The van der Waals surface area contributed by atoms with E-state index in [4.69, 9.17) is 5.73 Å². The fourth-order valence-corrected chi connectivity index (χ4v) is 2.09. The summed E-state index contributed by atoms with van der Waals surface area (Å²) in [6, 6.07) is 0.804. The van der Waals surface area contributed by atoms with E-state index in [0.29, 0.717) is 18.6 Å². The molecule has 0 radical (unpaired) electrons. The Morgan fingerprint density at radius 1 is 1.33 bits per heavy atom. The van der Waals surface area contributed by atoms with Crippen molar-refractivity contribution in [2.24, 2.45) is 5.73 Å². The highest BCUT2D eigenvalue weighted by molar-refractivity contribution is 5.77. The number of hydrogen-bond donors (Lipinski definition) is 1. The van der Waals surface area contributed by atoms with Gasteiger partial charge >= 0.3 is 0 Å². The summed E-state index contributed by atoms with van der Waals surface area (Å²) in [7, 11) is 5.61. The summed E-state index contributed by atoms with van der Waals surface area (Å²) in [5, 5.41) is 0. The van der Waals surface area contributed by atoms with Crippen molar-refractivity contribution in [2.45, 2.75) is 37.8 Å². The average molecular weight is 213 g/mol. The molecule has 1 fully saturated rings. The first-order chi connectivity index (χ1) is 7.00. The zero-order chi connectivity index (χ0) is 11.4. The molecule has 0 aromatic heterocycles. The molecule has 2 unspecified atom stereocenters. The van der Waals surface area contributed by atoms with Crippen LogP contribution in [0.4, 0.5) is 0 Å². The van der Waals surface area contributed by atoms with E-state index in [1.165, 1.54) is 12.8 Å². The van der Waals surface area contributed by atoms with Crippen LogP contribution < -0.4 is 5.73 Å². The quantitative estimate of drug-likeness (QED) is 0.732. The summed E-state index contributed by atoms with van der Waals surface area (Å²) in [4.78, 5) is 15.3. The molecule has 1 aliphatic carbocycles. The SMILES string of the molecule is CN(C)C(=O)CN(C)C1CCCC(N)C1. The molecule has 0 bridgehead atoms. The molecule has 0 aromatic rings. The topological polar surface area (TPSA) is 49.6 Å². The van der Waals surface area contributed by atoms with Crippen LogP contribution in [0.3, 0.4) is 0 Å². The Kier molecular flexibility index (Phi) is 4.54. The molecule has 0 heterocycles. The summed E-state index contributed by atoms with van der Waals surface area (Å²) in [6.45, 7) is 0.504. The smallest absolute Gasteiger partial charge is 0.236 e. The second kappa shape index (κ2) is 5.47. The second-order valence-corrected chi connectivity index (χ2v) is 4.78. The number of rotatable bonds is 3. The van der Waals surface area contributed by atoms with Crippen LogP contribution in [0, 0.1) is 0 Å². The molecule has 2 atom stereocenters. The molecule has 4 heteroatoms. The largest absolute Gasteiger partial charge is 0.348 e. The van der Waals surface area contributed by atoms with Gasteiger partial charge in [-0.05, 0) is 26.3 Å². The fourth-order valence-electron chi connectivity index (χ4n) is 2.09. The fraction of sp³-hybridized carbons (Fsp3) is 0.909. The Bertz CT molecular complexity index is 218. The van der Waals surface area contributed by atoms with Crippen molar-refractivity contribution in [2.75, 3.05) is 27.7 Å². The average Bonchev–Trinajstić information content (AvgIpc) is 2.17. The van der Waals surface area contributed by atoms with Crippen molar-refractivity contribution in [3.05, 3.63) is 0 Å². The highest BCUT2D eigenvalue weighted by Gasteiger charge is 2.23. The lowest BCUT2D eigenvalue weighted by atomic mass is 9.91. The van der Waals surface area contributed by atoms with Crippen LogP contribution in [0.1, 0.15) is 25.7 Å². The predicted octanol–water partition coefficient (Wildman–Crippen LogP) is 0.276. The molecule has 0 saturated heterocycles. The predicted molar refractivity (Wildman–Crippen MR) is 61.6 cm³/mol. The van der Waals surface area contributed by atoms with Gasteiger partial charge in [0, 0.05) is 26.2 Å². The molecular weight excluding hydrogens is 190 g/mol. The maximum absolute atomic E-state index is 11.5. The molecular formula is C11H23N3O. The molecule has 0 aliphatic heterocycles. The van der Waals surface area contributed by atoms with Crippen LogP contribution in [0.15, 0.2) is 0 Å². The van der Waals surface area contributed by atoms with Crippen molar-refractivity contribution < 1.29 is 4.79 Å². The normalized spacial score (nSPS) is 26.7. The third-order valence-electron chi connectivity index (χ3n) is 3.19. The first kappa shape index (κ1) is 12.5. The minimum absolute atomic E-state index is 0.164. The summed E-state index contributed by atoms with van der Waals surface area (Å²) >= 11 is 0. The van der Waals surface area contributed by atoms with E-state index in [1.807, 2.05) is 7.05 Å². The number of hydrogen-bond acceptors (Lipinski definition) is 3. The van der Waals surface area contributed by atoms with Gasteiger partial charge in [0.15, 0.2) is 0 Å². The van der Waals surface area contributed by atoms with Gasteiger partial charge in [0.25, 0.3) is 0 Å². The van der Waals surface area contributed by atoms with Crippen LogP contribution in [0.25, 0.3) is 0 Å². The van der Waals surface area contributed by atoms with E-state index in [1.54, 1.807) is 19.0 Å². The third kappa shape index (κ3) is 3.80. The highest BCUT2D eigenvalue weighted by Crippen LogP contribution is 2.20. The highest BCUT2D eigenvalue weighted by atomic mass is 16.2. The minimum atomic E-state index is 0.164. The Morgan fingerprint density at radius 3 is 2.53 bits per heavy atom. The van der Waals surface area contributed by atoms with Crippen LogP contribution >= 0.6 is 0 Å². The summed E-state index contributed by atoms with van der Waals surface area (Å²) < 4.78 is 0. The minimum Gasteiger partial charge on any atom is -0.348 e. The van der Waals surface area contributed by atoms with Crippen molar-refractivity contribution >= 4 is 5.91 Å². The molecule has 1 saturated carbocycles. The molecule has 1 rings (SSSR count). The second-order valence-electron chi connectivity index (χ2n) is 4.78. The van der Waals surface area contributed by atoms with Gasteiger partial charge in [-0.15, -0.1) is 0 Å². The van der Waals surface area contributed by atoms with Gasteiger partial charge in [-0.25, -0.2) is 0 Å². The van der Waals surface area contributed by atoms with E-state index in [0.717, 1.165) is 12.8 Å². The lowest BCUT2D eigenvalue weighted by molar-refractivity contribution is -0.130. The Hall–Kier alpha value is -0.610. The van der Waals surface area contributed by atoms with Crippen LogP contribution in [0.2, 0.25) is 0 Å². The number of carbonyl (C=O) groups is 1. The van der Waals surface area contributed by atoms with Crippen molar-refractivity contribution in [1.82, 2.24) is 9.80 Å². The summed E-state index contributed by atoms with van der Waals surface area (Å²) in [5.41, 5.74) is 5.93. The zero-order valence-corrected chi connectivity index (χ0v) is 10.1. The van der Waals surface area contributed by atoms with Crippen molar-refractivity contribution in [3.63, 3.8) is 0 Å². The standard InChI is InChI=1S/C11H23N3O/c1-13(2)11(15)8-14(3)10-6-4-5-9(12)7-10/h9-10H,4-8,12H2,1-3H3. The van der Waals surface area contributed by atoms with E-state index >= 15 is 0 Å². The lowest BCUT2D eigenvalue weighted by Gasteiger charge is -2.34. The van der Waals surface area contributed by atoms with Gasteiger partial charge in [0.2, 0.25) is 5.91 Å². The maximum atomic E-state index is 11.5. The van der Waals surface area contributed by atoms with Gasteiger partial charge in [-0.2, -0.15) is 0 Å². The molecule has 4 nitrogen and oxygen atoms in total.